The van der Waals surface area contributed by atoms with Gasteiger partial charge in [0.1, 0.15) is 18.1 Å². The monoisotopic (exact) mass is 489 g/mol. The summed E-state index contributed by atoms with van der Waals surface area (Å²) < 4.78 is 29.5. The molecule has 9 heteroatoms. The molecule has 0 aliphatic carbocycles. The summed E-state index contributed by atoms with van der Waals surface area (Å²) in [6.45, 7) is -0.0339. The van der Waals surface area contributed by atoms with Crippen molar-refractivity contribution in [3.63, 3.8) is 0 Å². The number of hydrogen-bond acceptors (Lipinski definition) is 6. The summed E-state index contributed by atoms with van der Waals surface area (Å²) in [6.07, 6.45) is 0.424. The van der Waals surface area contributed by atoms with Gasteiger partial charge < -0.3 is 19.1 Å². The standard InChI is InChI=1S/C27H24FN3O5/c1-30(27(33)18-5-10-21(34-2)11-6-18)15-26(32)31-23(19-7-12-24-25(13-19)36-16-35-24)14-22(29-31)17-3-8-20(28)9-4-17/h3-13,23H,14-16H2,1-2H3/t23-/m0/s1. The number of nitrogens with zero attached hydrogens (tertiary/aromatic N) is 3. The van der Waals surface area contributed by atoms with Gasteiger partial charge in [-0.15, -0.1) is 0 Å². The Bertz CT molecular complexity index is 1320. The molecule has 0 radical (unpaired) electrons. The summed E-state index contributed by atoms with van der Waals surface area (Å²) in [5, 5.41) is 6.00. The normalized spacial score (nSPS) is 16.0. The first-order valence-electron chi connectivity index (χ1n) is 11.4. The van der Waals surface area contributed by atoms with Crippen molar-refractivity contribution in [2.24, 2.45) is 5.10 Å². The van der Waals surface area contributed by atoms with E-state index in [1.54, 1.807) is 56.6 Å². The largest absolute Gasteiger partial charge is 0.497 e. The number of carbonyl (C=O) groups is 2. The van der Waals surface area contributed by atoms with Gasteiger partial charge in [-0.05, 0) is 59.7 Å². The summed E-state index contributed by atoms with van der Waals surface area (Å²) in [4.78, 5) is 27.7. The van der Waals surface area contributed by atoms with E-state index in [9.17, 15) is 14.0 Å². The molecule has 0 spiro atoms. The molecule has 5 rings (SSSR count). The smallest absolute Gasteiger partial charge is 0.262 e. The molecule has 184 valence electrons. The maximum Gasteiger partial charge on any atom is 0.262 e. The third-order valence-corrected chi connectivity index (χ3v) is 6.18. The summed E-state index contributed by atoms with van der Waals surface area (Å²) in [5.41, 5.74) is 2.63. The number of carbonyl (C=O) groups excluding carboxylic acids is 2. The second kappa shape index (κ2) is 9.69. The fourth-order valence-corrected chi connectivity index (χ4v) is 4.24. The Labute approximate surface area is 207 Å². The van der Waals surface area contributed by atoms with Crippen molar-refractivity contribution in [3.05, 3.63) is 89.2 Å². The van der Waals surface area contributed by atoms with Crippen LogP contribution in [0.4, 0.5) is 4.39 Å². The number of rotatable bonds is 6. The molecule has 3 aromatic carbocycles. The second-order valence-electron chi connectivity index (χ2n) is 8.51. The molecule has 0 bridgehead atoms. The third-order valence-electron chi connectivity index (χ3n) is 6.18. The molecule has 2 aliphatic rings. The van der Waals surface area contributed by atoms with Crippen LogP contribution in [0.25, 0.3) is 0 Å². The van der Waals surface area contributed by atoms with E-state index in [0.29, 0.717) is 34.9 Å². The predicted molar refractivity (Wildman–Crippen MR) is 130 cm³/mol. The average Bonchev–Trinajstić information content (AvgIpc) is 3.56. The van der Waals surface area contributed by atoms with Gasteiger partial charge in [-0.2, -0.15) is 5.10 Å². The molecular weight excluding hydrogens is 465 g/mol. The highest BCUT2D eigenvalue weighted by molar-refractivity contribution is 6.03. The fourth-order valence-electron chi connectivity index (χ4n) is 4.24. The number of hydrazone groups is 1. The van der Waals surface area contributed by atoms with E-state index in [1.807, 2.05) is 12.1 Å². The molecule has 0 fully saturated rings. The molecule has 2 aliphatic heterocycles. The highest BCUT2D eigenvalue weighted by Gasteiger charge is 2.35. The Morgan fingerprint density at radius 3 is 2.50 bits per heavy atom. The van der Waals surface area contributed by atoms with Gasteiger partial charge in [-0.25, -0.2) is 9.40 Å². The van der Waals surface area contributed by atoms with Gasteiger partial charge in [-0.1, -0.05) is 18.2 Å². The highest BCUT2D eigenvalue weighted by atomic mass is 19.1. The predicted octanol–water partition coefficient (Wildman–Crippen LogP) is 4.01. The van der Waals surface area contributed by atoms with Gasteiger partial charge in [0.2, 0.25) is 6.79 Å². The number of likely N-dealkylation sites (N-methyl/N-ethyl adjacent to an activating group) is 1. The summed E-state index contributed by atoms with van der Waals surface area (Å²) in [5.74, 6) is 0.876. The zero-order valence-electron chi connectivity index (χ0n) is 19.8. The number of methoxy groups -OCH3 is 1. The van der Waals surface area contributed by atoms with Gasteiger partial charge in [-0.3, -0.25) is 9.59 Å². The first kappa shape index (κ1) is 23.3. The molecule has 0 saturated heterocycles. The molecule has 0 N–H and O–H groups in total. The van der Waals surface area contributed by atoms with Crippen molar-refractivity contribution < 1.29 is 28.2 Å². The molecule has 1 atom stereocenters. The van der Waals surface area contributed by atoms with E-state index in [0.717, 1.165) is 11.1 Å². The lowest BCUT2D eigenvalue weighted by molar-refractivity contribution is -0.133. The van der Waals surface area contributed by atoms with Crippen LogP contribution in [0.5, 0.6) is 17.2 Å². The van der Waals surface area contributed by atoms with Crippen molar-refractivity contribution >= 4 is 17.5 Å². The molecule has 8 nitrogen and oxygen atoms in total. The maximum atomic E-state index is 13.5. The lowest BCUT2D eigenvalue weighted by atomic mass is 9.98. The van der Waals surface area contributed by atoms with Crippen molar-refractivity contribution in [2.75, 3.05) is 27.5 Å². The summed E-state index contributed by atoms with van der Waals surface area (Å²) >= 11 is 0. The number of benzene rings is 3. The van der Waals surface area contributed by atoms with E-state index in [4.69, 9.17) is 14.2 Å². The summed E-state index contributed by atoms with van der Waals surface area (Å²) in [6, 6.07) is 17.8. The molecule has 0 unspecified atom stereocenters. The Kier molecular flexibility index (Phi) is 6.28. The molecule has 2 amide bonds. The van der Waals surface area contributed by atoms with E-state index >= 15 is 0 Å². The van der Waals surface area contributed by atoms with Crippen LogP contribution in [0.15, 0.2) is 71.8 Å². The Balaban J connectivity index is 1.39. The van der Waals surface area contributed by atoms with E-state index in [1.165, 1.54) is 22.0 Å². The van der Waals surface area contributed by atoms with E-state index in [-0.39, 0.29) is 31.0 Å². The average molecular weight is 490 g/mol. The topological polar surface area (TPSA) is 80.7 Å². The van der Waals surface area contributed by atoms with Crippen molar-refractivity contribution in [1.82, 2.24) is 9.91 Å². The quantitative estimate of drug-likeness (QED) is 0.523. The van der Waals surface area contributed by atoms with Crippen LogP contribution in [-0.4, -0.2) is 54.9 Å². The molecule has 3 aromatic rings. The van der Waals surface area contributed by atoms with Crippen LogP contribution in [-0.2, 0) is 4.79 Å². The third kappa shape index (κ3) is 4.59. The minimum absolute atomic E-state index is 0.141. The molecule has 0 saturated carbocycles. The van der Waals surface area contributed by atoms with Crippen LogP contribution >= 0.6 is 0 Å². The lowest BCUT2D eigenvalue weighted by Gasteiger charge is -2.25. The van der Waals surface area contributed by atoms with Gasteiger partial charge in [0.25, 0.3) is 11.8 Å². The first-order chi connectivity index (χ1) is 17.4. The zero-order valence-corrected chi connectivity index (χ0v) is 19.8. The van der Waals surface area contributed by atoms with Crippen LogP contribution in [0.2, 0.25) is 0 Å². The van der Waals surface area contributed by atoms with Crippen LogP contribution in [0.1, 0.15) is 33.9 Å². The number of ether oxygens (including phenoxy) is 3. The molecule has 2 heterocycles. The van der Waals surface area contributed by atoms with E-state index in [2.05, 4.69) is 5.10 Å². The van der Waals surface area contributed by atoms with E-state index < -0.39 is 6.04 Å². The SMILES string of the molecule is COc1ccc(C(=O)N(C)CC(=O)N2N=C(c3ccc(F)cc3)C[C@H]2c2ccc3c(c2)OCO3)cc1. The van der Waals surface area contributed by atoms with Crippen molar-refractivity contribution in [1.29, 1.82) is 0 Å². The molecular formula is C27H24FN3O5. The van der Waals surface area contributed by atoms with Crippen LogP contribution in [0.3, 0.4) is 0 Å². The summed E-state index contributed by atoms with van der Waals surface area (Å²) in [7, 11) is 3.12. The second-order valence-corrected chi connectivity index (χ2v) is 8.51. The van der Waals surface area contributed by atoms with Crippen molar-refractivity contribution in [2.45, 2.75) is 12.5 Å². The lowest BCUT2D eigenvalue weighted by Crippen LogP contribution is -2.39. The first-order valence-corrected chi connectivity index (χ1v) is 11.4. The Morgan fingerprint density at radius 2 is 1.78 bits per heavy atom. The highest BCUT2D eigenvalue weighted by Crippen LogP contribution is 2.39. The number of hydrogen-bond donors (Lipinski definition) is 0. The Morgan fingerprint density at radius 1 is 1.06 bits per heavy atom. The number of halogens is 1. The van der Waals surface area contributed by atoms with Crippen molar-refractivity contribution in [3.8, 4) is 17.2 Å². The minimum atomic E-state index is -0.420. The Hall–Kier alpha value is -4.40. The maximum absolute atomic E-state index is 13.5. The number of fused-ring (bicyclic) bond motifs is 1. The van der Waals surface area contributed by atoms with Crippen LogP contribution < -0.4 is 14.2 Å². The van der Waals surface area contributed by atoms with Gasteiger partial charge in [0, 0.05) is 19.0 Å². The molecule has 0 aromatic heterocycles. The van der Waals surface area contributed by atoms with Gasteiger partial charge >= 0.3 is 0 Å². The minimum Gasteiger partial charge on any atom is -0.497 e. The van der Waals surface area contributed by atoms with Crippen LogP contribution in [0, 0.1) is 5.82 Å². The molecule has 36 heavy (non-hydrogen) atoms. The van der Waals surface area contributed by atoms with Gasteiger partial charge in [0.05, 0.1) is 18.9 Å². The number of amides is 2. The fraction of sp³-hybridized carbons (Fsp3) is 0.222. The van der Waals surface area contributed by atoms with Gasteiger partial charge in [0.15, 0.2) is 11.5 Å². The zero-order chi connectivity index (χ0) is 25.2.